The van der Waals surface area contributed by atoms with Gasteiger partial charge in [-0.2, -0.15) is 0 Å². The fraction of sp³-hybridized carbons (Fsp3) is 0.857. The molecule has 0 aromatic rings. The summed E-state index contributed by atoms with van der Waals surface area (Å²) >= 11 is 0. The van der Waals surface area contributed by atoms with Gasteiger partial charge in [-0.1, -0.05) is 0 Å². The zero-order valence-electron chi connectivity index (χ0n) is 6.36. The highest BCUT2D eigenvalue weighted by molar-refractivity contribution is 5.82. The molecule has 0 aliphatic carbocycles. The van der Waals surface area contributed by atoms with Crippen molar-refractivity contribution in [2.45, 2.75) is 19.1 Å². The van der Waals surface area contributed by atoms with Crippen molar-refractivity contribution in [3.63, 3.8) is 0 Å². The van der Waals surface area contributed by atoms with Crippen LogP contribution in [0.3, 0.4) is 0 Å². The molecular formula is C7H13NO3. The van der Waals surface area contributed by atoms with E-state index in [9.17, 15) is 4.79 Å². The molecule has 0 radical (unpaired) electrons. The first-order valence-electron chi connectivity index (χ1n) is 3.78. The molecule has 1 rings (SSSR count). The van der Waals surface area contributed by atoms with Crippen molar-refractivity contribution in [1.29, 1.82) is 0 Å². The molecule has 0 spiro atoms. The van der Waals surface area contributed by atoms with E-state index in [1.165, 1.54) is 0 Å². The lowest BCUT2D eigenvalue weighted by atomic mass is 10.4. The third-order valence-electron chi connectivity index (χ3n) is 1.81. The normalized spacial score (nSPS) is 20.1. The molecule has 4 nitrogen and oxygen atoms in total. The molecule has 1 saturated heterocycles. The van der Waals surface area contributed by atoms with E-state index in [0.717, 1.165) is 6.54 Å². The standard InChI is InChI=1S/C7H13NO3/c9-6-1-3-8(5-6)4-2-7(10)11/h7,10-11H,1-5H2. The number of carbonyl (C=O) groups is 1. The molecular weight excluding hydrogens is 146 g/mol. The molecule has 0 bridgehead atoms. The number of hydrogen-bond donors (Lipinski definition) is 2. The molecule has 4 heteroatoms. The molecule has 0 atom stereocenters. The largest absolute Gasteiger partial charge is 0.368 e. The number of likely N-dealkylation sites (tertiary alicyclic amines) is 1. The van der Waals surface area contributed by atoms with E-state index in [1.54, 1.807) is 0 Å². The Morgan fingerprint density at radius 2 is 2.27 bits per heavy atom. The van der Waals surface area contributed by atoms with Gasteiger partial charge in [0.1, 0.15) is 5.78 Å². The first-order valence-corrected chi connectivity index (χ1v) is 3.78. The molecule has 1 fully saturated rings. The Labute approximate surface area is 65.4 Å². The van der Waals surface area contributed by atoms with Crippen LogP contribution in [0.1, 0.15) is 12.8 Å². The smallest absolute Gasteiger partial charge is 0.152 e. The second-order valence-corrected chi connectivity index (χ2v) is 2.83. The lowest BCUT2D eigenvalue weighted by molar-refractivity contribution is -0.117. The molecule has 0 aromatic heterocycles. The molecule has 0 unspecified atom stereocenters. The number of aliphatic hydroxyl groups is 2. The first kappa shape index (κ1) is 8.64. The predicted molar refractivity (Wildman–Crippen MR) is 38.9 cm³/mol. The van der Waals surface area contributed by atoms with Crippen LogP contribution >= 0.6 is 0 Å². The minimum absolute atomic E-state index is 0.248. The third-order valence-corrected chi connectivity index (χ3v) is 1.81. The second-order valence-electron chi connectivity index (χ2n) is 2.83. The third kappa shape index (κ3) is 2.96. The molecule has 0 saturated carbocycles. The minimum atomic E-state index is -1.24. The Kier molecular flexibility index (Phi) is 2.99. The van der Waals surface area contributed by atoms with Crippen LogP contribution < -0.4 is 0 Å². The fourth-order valence-corrected chi connectivity index (χ4v) is 1.18. The van der Waals surface area contributed by atoms with Crippen LogP contribution in [0.2, 0.25) is 0 Å². The fourth-order valence-electron chi connectivity index (χ4n) is 1.18. The highest BCUT2D eigenvalue weighted by atomic mass is 16.5. The van der Waals surface area contributed by atoms with Crippen molar-refractivity contribution in [3.05, 3.63) is 0 Å². The number of aliphatic hydroxyl groups excluding tert-OH is 1. The molecule has 11 heavy (non-hydrogen) atoms. The average Bonchev–Trinajstić information content (AvgIpc) is 2.31. The van der Waals surface area contributed by atoms with Gasteiger partial charge in [0.15, 0.2) is 6.29 Å². The highest BCUT2D eigenvalue weighted by Gasteiger charge is 2.18. The quantitative estimate of drug-likeness (QED) is 0.516. The summed E-state index contributed by atoms with van der Waals surface area (Å²) in [4.78, 5) is 12.7. The number of hydrogen-bond acceptors (Lipinski definition) is 4. The van der Waals surface area contributed by atoms with Gasteiger partial charge in [-0.3, -0.25) is 9.69 Å². The number of ketones is 1. The van der Waals surface area contributed by atoms with Gasteiger partial charge in [0.05, 0.1) is 6.54 Å². The lowest BCUT2D eigenvalue weighted by Crippen LogP contribution is -2.25. The summed E-state index contributed by atoms with van der Waals surface area (Å²) in [5.74, 6) is 0.248. The van der Waals surface area contributed by atoms with Crippen molar-refractivity contribution in [2.75, 3.05) is 19.6 Å². The maximum atomic E-state index is 10.7. The Morgan fingerprint density at radius 3 is 2.73 bits per heavy atom. The average molecular weight is 159 g/mol. The summed E-state index contributed by atoms with van der Waals surface area (Å²) in [5, 5.41) is 17.0. The summed E-state index contributed by atoms with van der Waals surface area (Å²) in [5.41, 5.74) is 0. The van der Waals surface area contributed by atoms with Gasteiger partial charge in [-0.25, -0.2) is 0 Å². The van der Waals surface area contributed by atoms with E-state index in [1.807, 2.05) is 4.90 Å². The number of carbonyl (C=O) groups excluding carboxylic acids is 1. The number of nitrogens with zero attached hydrogens (tertiary/aromatic N) is 1. The van der Waals surface area contributed by atoms with Gasteiger partial charge in [0.25, 0.3) is 0 Å². The summed E-state index contributed by atoms with van der Waals surface area (Å²) in [6.07, 6.45) is -0.305. The van der Waals surface area contributed by atoms with Gasteiger partial charge in [-0.05, 0) is 0 Å². The zero-order valence-corrected chi connectivity index (χ0v) is 6.36. The first-order chi connectivity index (χ1) is 5.18. The summed E-state index contributed by atoms with van der Waals surface area (Å²) in [7, 11) is 0. The van der Waals surface area contributed by atoms with Crippen molar-refractivity contribution in [3.8, 4) is 0 Å². The maximum absolute atomic E-state index is 10.7. The Bertz CT molecular complexity index is 147. The van der Waals surface area contributed by atoms with Crippen molar-refractivity contribution in [1.82, 2.24) is 4.90 Å². The van der Waals surface area contributed by atoms with E-state index in [0.29, 0.717) is 25.9 Å². The van der Waals surface area contributed by atoms with Gasteiger partial charge in [0, 0.05) is 25.9 Å². The predicted octanol–water partition coefficient (Wildman–Crippen LogP) is -1.04. The lowest BCUT2D eigenvalue weighted by Gasteiger charge is -2.13. The van der Waals surface area contributed by atoms with Crippen molar-refractivity contribution >= 4 is 5.78 Å². The summed E-state index contributed by atoms with van der Waals surface area (Å²) < 4.78 is 0. The second kappa shape index (κ2) is 3.80. The van der Waals surface area contributed by atoms with E-state index in [4.69, 9.17) is 10.2 Å². The van der Waals surface area contributed by atoms with Crippen LogP contribution in [0.4, 0.5) is 0 Å². The number of rotatable bonds is 3. The van der Waals surface area contributed by atoms with Crippen LogP contribution in [0.15, 0.2) is 0 Å². The van der Waals surface area contributed by atoms with Crippen LogP contribution in [0, 0.1) is 0 Å². The molecule has 0 amide bonds. The molecule has 0 aromatic carbocycles. The van der Waals surface area contributed by atoms with Gasteiger partial charge in [-0.15, -0.1) is 0 Å². The van der Waals surface area contributed by atoms with E-state index in [2.05, 4.69) is 0 Å². The van der Waals surface area contributed by atoms with Crippen LogP contribution in [0.5, 0.6) is 0 Å². The number of Topliss-reactive ketones (excluding diaryl/α,β-unsaturated/α-hetero) is 1. The Hall–Kier alpha value is -0.450. The summed E-state index contributed by atoms with van der Waals surface area (Å²) in [6.45, 7) is 1.85. The van der Waals surface area contributed by atoms with Crippen LogP contribution in [-0.4, -0.2) is 46.8 Å². The topological polar surface area (TPSA) is 60.8 Å². The zero-order chi connectivity index (χ0) is 8.27. The van der Waals surface area contributed by atoms with Gasteiger partial charge >= 0.3 is 0 Å². The molecule has 1 aliphatic rings. The van der Waals surface area contributed by atoms with Crippen molar-refractivity contribution < 1.29 is 15.0 Å². The molecule has 64 valence electrons. The van der Waals surface area contributed by atoms with Gasteiger partial charge < -0.3 is 10.2 Å². The van der Waals surface area contributed by atoms with Crippen LogP contribution in [-0.2, 0) is 4.79 Å². The Balaban J connectivity index is 2.13. The molecule has 1 aliphatic heterocycles. The van der Waals surface area contributed by atoms with Crippen LogP contribution in [0.25, 0.3) is 0 Å². The van der Waals surface area contributed by atoms with E-state index < -0.39 is 6.29 Å². The summed E-state index contributed by atoms with van der Waals surface area (Å²) in [6, 6.07) is 0. The monoisotopic (exact) mass is 159 g/mol. The van der Waals surface area contributed by atoms with E-state index in [-0.39, 0.29) is 5.78 Å². The van der Waals surface area contributed by atoms with E-state index >= 15 is 0 Å². The molecule has 1 heterocycles. The van der Waals surface area contributed by atoms with Gasteiger partial charge in [0.2, 0.25) is 0 Å². The minimum Gasteiger partial charge on any atom is -0.368 e. The maximum Gasteiger partial charge on any atom is 0.152 e. The van der Waals surface area contributed by atoms with Crippen molar-refractivity contribution in [2.24, 2.45) is 0 Å². The Morgan fingerprint density at radius 1 is 1.55 bits per heavy atom. The SMILES string of the molecule is O=C1CCN(CCC(O)O)C1. The molecule has 2 N–H and O–H groups in total. The highest BCUT2D eigenvalue weighted by Crippen LogP contribution is 2.04.